The van der Waals surface area contributed by atoms with Crippen molar-refractivity contribution in [2.24, 2.45) is 5.92 Å². The van der Waals surface area contributed by atoms with E-state index in [9.17, 15) is 0 Å². The van der Waals surface area contributed by atoms with Crippen LogP contribution in [0.5, 0.6) is 0 Å². The second kappa shape index (κ2) is 7.36. The molecule has 0 amide bonds. The van der Waals surface area contributed by atoms with Crippen molar-refractivity contribution >= 4 is 0 Å². The molecule has 120 valence electrons. The molecule has 1 saturated heterocycles. The molecular formula is C16H30N4O. The van der Waals surface area contributed by atoms with E-state index in [1.165, 1.54) is 12.8 Å². The van der Waals surface area contributed by atoms with Crippen LogP contribution < -0.4 is 5.32 Å². The van der Waals surface area contributed by atoms with E-state index >= 15 is 0 Å². The van der Waals surface area contributed by atoms with Crippen LogP contribution in [-0.2, 0) is 13.0 Å². The van der Waals surface area contributed by atoms with Gasteiger partial charge in [-0.05, 0) is 65.6 Å². The van der Waals surface area contributed by atoms with Gasteiger partial charge in [0.2, 0.25) is 5.89 Å². The lowest BCUT2D eigenvalue weighted by Crippen LogP contribution is -2.42. The van der Waals surface area contributed by atoms with Crippen LogP contribution in [0.4, 0.5) is 0 Å². The Balaban J connectivity index is 1.71. The second-order valence-corrected chi connectivity index (χ2v) is 7.20. The fraction of sp³-hybridized carbons (Fsp3) is 0.875. The van der Waals surface area contributed by atoms with E-state index < -0.39 is 0 Å². The third-order valence-electron chi connectivity index (χ3n) is 3.97. The zero-order chi connectivity index (χ0) is 15.3. The number of aromatic nitrogens is 2. The smallest absolute Gasteiger partial charge is 0.240 e. The van der Waals surface area contributed by atoms with Crippen molar-refractivity contribution < 1.29 is 4.52 Å². The maximum absolute atomic E-state index is 5.32. The van der Waals surface area contributed by atoms with Crippen LogP contribution in [0, 0.1) is 5.92 Å². The Hall–Kier alpha value is -0.940. The molecule has 1 N–H and O–H groups in total. The highest BCUT2D eigenvalue weighted by Gasteiger charge is 2.22. The van der Waals surface area contributed by atoms with Gasteiger partial charge in [0.25, 0.3) is 0 Å². The predicted octanol–water partition coefficient (Wildman–Crippen LogP) is 2.62. The second-order valence-electron chi connectivity index (χ2n) is 7.20. The van der Waals surface area contributed by atoms with Crippen molar-refractivity contribution in [2.75, 3.05) is 19.6 Å². The van der Waals surface area contributed by atoms with Gasteiger partial charge in [0.1, 0.15) is 0 Å². The van der Waals surface area contributed by atoms with E-state index in [2.05, 4.69) is 48.1 Å². The highest BCUT2D eigenvalue weighted by Crippen LogP contribution is 2.19. The Labute approximate surface area is 128 Å². The molecule has 2 rings (SSSR count). The van der Waals surface area contributed by atoms with Crippen LogP contribution in [0.1, 0.15) is 58.7 Å². The summed E-state index contributed by atoms with van der Waals surface area (Å²) in [6.45, 7) is 13.0. The molecule has 5 heteroatoms. The summed E-state index contributed by atoms with van der Waals surface area (Å²) in [7, 11) is 0. The summed E-state index contributed by atoms with van der Waals surface area (Å²) in [5.41, 5.74) is 0.219. The molecule has 0 aliphatic carbocycles. The largest absolute Gasteiger partial charge is 0.338 e. The molecule has 0 unspecified atom stereocenters. The highest BCUT2D eigenvalue weighted by molar-refractivity contribution is 4.87. The van der Waals surface area contributed by atoms with E-state index in [0.717, 1.165) is 56.7 Å². The fourth-order valence-corrected chi connectivity index (χ4v) is 2.67. The molecule has 1 fully saturated rings. The molecule has 0 spiro atoms. The first-order chi connectivity index (χ1) is 9.96. The van der Waals surface area contributed by atoms with Crippen LogP contribution in [-0.4, -0.2) is 40.2 Å². The summed E-state index contributed by atoms with van der Waals surface area (Å²) >= 11 is 0. The Kier molecular flexibility index (Phi) is 5.76. The van der Waals surface area contributed by atoms with Gasteiger partial charge in [-0.2, -0.15) is 4.98 Å². The minimum absolute atomic E-state index is 0.219. The van der Waals surface area contributed by atoms with Gasteiger partial charge in [0.05, 0.1) is 6.54 Å². The Morgan fingerprint density at radius 1 is 1.29 bits per heavy atom. The van der Waals surface area contributed by atoms with Crippen LogP contribution in [0.15, 0.2) is 4.52 Å². The lowest BCUT2D eigenvalue weighted by molar-refractivity contribution is 0.154. The van der Waals surface area contributed by atoms with E-state index in [4.69, 9.17) is 4.52 Å². The van der Waals surface area contributed by atoms with E-state index in [1.54, 1.807) is 0 Å². The molecule has 5 nitrogen and oxygen atoms in total. The molecule has 0 bridgehead atoms. The lowest BCUT2D eigenvalue weighted by Gasteiger charge is -2.33. The number of hydrogen-bond acceptors (Lipinski definition) is 5. The first kappa shape index (κ1) is 16.4. The zero-order valence-corrected chi connectivity index (χ0v) is 14.0. The molecule has 2 heterocycles. The van der Waals surface area contributed by atoms with Gasteiger partial charge in [-0.1, -0.05) is 12.1 Å². The van der Waals surface area contributed by atoms with Crippen molar-refractivity contribution in [3.05, 3.63) is 11.7 Å². The topological polar surface area (TPSA) is 54.2 Å². The van der Waals surface area contributed by atoms with Gasteiger partial charge >= 0.3 is 0 Å². The number of hydrogen-bond donors (Lipinski definition) is 1. The Bertz CT molecular complexity index is 416. The van der Waals surface area contributed by atoms with Crippen molar-refractivity contribution in [3.63, 3.8) is 0 Å². The number of nitrogens with zero attached hydrogens (tertiary/aromatic N) is 3. The molecule has 0 saturated carbocycles. The normalized spacial score (nSPS) is 18.3. The Morgan fingerprint density at radius 3 is 2.62 bits per heavy atom. The standard InChI is InChI=1S/C16H30N4O/c1-5-6-14-18-15(21-19-14)12-20-9-7-13(8-10-20)11-17-16(2,3)4/h13,17H,5-12H2,1-4H3. The number of rotatable bonds is 6. The summed E-state index contributed by atoms with van der Waals surface area (Å²) in [4.78, 5) is 6.88. The summed E-state index contributed by atoms with van der Waals surface area (Å²) in [6.07, 6.45) is 4.47. The average molecular weight is 294 g/mol. The van der Waals surface area contributed by atoms with Crippen molar-refractivity contribution in [3.8, 4) is 0 Å². The number of piperidine rings is 1. The van der Waals surface area contributed by atoms with Crippen molar-refractivity contribution in [2.45, 2.75) is 65.5 Å². The van der Waals surface area contributed by atoms with Crippen LogP contribution in [0.2, 0.25) is 0 Å². The van der Waals surface area contributed by atoms with Crippen molar-refractivity contribution in [1.82, 2.24) is 20.4 Å². The molecule has 0 aromatic carbocycles. The molecule has 1 aliphatic heterocycles. The minimum Gasteiger partial charge on any atom is -0.338 e. The molecule has 0 radical (unpaired) electrons. The van der Waals surface area contributed by atoms with Gasteiger partial charge in [0, 0.05) is 12.0 Å². The summed E-state index contributed by atoms with van der Waals surface area (Å²) in [6, 6.07) is 0. The minimum atomic E-state index is 0.219. The zero-order valence-electron chi connectivity index (χ0n) is 14.0. The third kappa shape index (κ3) is 5.75. The quantitative estimate of drug-likeness (QED) is 0.874. The van der Waals surface area contributed by atoms with Gasteiger partial charge in [-0.15, -0.1) is 0 Å². The molecule has 1 aromatic heterocycles. The summed E-state index contributed by atoms with van der Waals surface area (Å²) in [5.74, 6) is 2.40. The molecule has 21 heavy (non-hydrogen) atoms. The average Bonchev–Trinajstić information content (AvgIpc) is 2.85. The monoisotopic (exact) mass is 294 g/mol. The lowest BCUT2D eigenvalue weighted by atomic mass is 9.95. The number of nitrogens with one attached hydrogen (secondary N) is 1. The highest BCUT2D eigenvalue weighted by atomic mass is 16.5. The first-order valence-corrected chi connectivity index (χ1v) is 8.25. The predicted molar refractivity (Wildman–Crippen MR) is 84.0 cm³/mol. The van der Waals surface area contributed by atoms with Crippen LogP contribution in [0.3, 0.4) is 0 Å². The molecule has 1 aliphatic rings. The maximum Gasteiger partial charge on any atom is 0.240 e. The first-order valence-electron chi connectivity index (χ1n) is 8.25. The summed E-state index contributed by atoms with van der Waals surface area (Å²) in [5, 5.41) is 7.63. The van der Waals surface area contributed by atoms with E-state index in [-0.39, 0.29) is 5.54 Å². The molecular weight excluding hydrogens is 264 g/mol. The van der Waals surface area contributed by atoms with Crippen molar-refractivity contribution in [1.29, 1.82) is 0 Å². The third-order valence-corrected chi connectivity index (χ3v) is 3.97. The van der Waals surface area contributed by atoms with E-state index in [1.807, 2.05) is 0 Å². The van der Waals surface area contributed by atoms with E-state index in [0.29, 0.717) is 0 Å². The van der Waals surface area contributed by atoms with Gasteiger partial charge in [0.15, 0.2) is 5.82 Å². The van der Waals surface area contributed by atoms with Gasteiger partial charge < -0.3 is 9.84 Å². The van der Waals surface area contributed by atoms with Gasteiger partial charge in [-0.3, -0.25) is 4.90 Å². The number of likely N-dealkylation sites (tertiary alicyclic amines) is 1. The fourth-order valence-electron chi connectivity index (χ4n) is 2.67. The summed E-state index contributed by atoms with van der Waals surface area (Å²) < 4.78 is 5.32. The van der Waals surface area contributed by atoms with Gasteiger partial charge in [-0.25, -0.2) is 0 Å². The SMILES string of the molecule is CCCc1noc(CN2CCC(CNC(C)(C)C)CC2)n1. The van der Waals surface area contributed by atoms with Crippen LogP contribution in [0.25, 0.3) is 0 Å². The maximum atomic E-state index is 5.32. The molecule has 0 atom stereocenters. The van der Waals surface area contributed by atoms with Crippen LogP contribution >= 0.6 is 0 Å². The Morgan fingerprint density at radius 2 is 2.00 bits per heavy atom. The molecule has 1 aromatic rings. The number of aryl methyl sites for hydroxylation is 1.